The van der Waals surface area contributed by atoms with Crippen LogP contribution in [0.25, 0.3) is 0 Å². The Bertz CT molecular complexity index is 198. The third kappa shape index (κ3) is 1.93. The van der Waals surface area contributed by atoms with Gasteiger partial charge in [0.25, 0.3) is 0 Å². The van der Waals surface area contributed by atoms with Gasteiger partial charge in [0.05, 0.1) is 12.2 Å². The lowest BCUT2D eigenvalue weighted by atomic mass is 9.82. The first-order valence-electron chi connectivity index (χ1n) is 5.14. The maximum Gasteiger partial charge on any atom is 0.141 e. The van der Waals surface area contributed by atoms with Crippen LogP contribution in [-0.4, -0.2) is 18.0 Å². The molecule has 1 rings (SSSR count). The van der Waals surface area contributed by atoms with Gasteiger partial charge in [-0.2, -0.15) is 0 Å². The molecule has 0 aromatic carbocycles. The second kappa shape index (κ2) is 3.79. The van der Waals surface area contributed by atoms with Crippen molar-refractivity contribution in [1.29, 1.82) is 0 Å². The molecule has 1 aliphatic rings. The lowest BCUT2D eigenvalue weighted by Gasteiger charge is -2.18. The maximum atomic E-state index is 11.8. The summed E-state index contributed by atoms with van der Waals surface area (Å²) < 4.78 is 5.64. The molecular weight excluding hydrogens is 164 g/mol. The Morgan fingerprint density at radius 3 is 2.00 bits per heavy atom. The summed E-state index contributed by atoms with van der Waals surface area (Å²) in [4.78, 5) is 11.8. The standard InChI is InChI=1S/C11H20O2/c1-6(2)11(12)10-7(3)8(4)13-9(10)5/h6-10H,1-5H3. The molecule has 0 aromatic rings. The zero-order valence-corrected chi connectivity index (χ0v) is 9.20. The molecule has 4 atom stereocenters. The van der Waals surface area contributed by atoms with Gasteiger partial charge in [-0.1, -0.05) is 20.8 Å². The van der Waals surface area contributed by atoms with Crippen LogP contribution in [0.1, 0.15) is 34.6 Å². The molecule has 1 heterocycles. The van der Waals surface area contributed by atoms with Gasteiger partial charge in [-0.05, 0) is 19.8 Å². The Hall–Kier alpha value is -0.370. The van der Waals surface area contributed by atoms with Crippen LogP contribution in [0, 0.1) is 17.8 Å². The predicted octanol–water partition coefficient (Wildman–Crippen LogP) is 2.27. The molecule has 0 radical (unpaired) electrons. The highest BCUT2D eigenvalue weighted by molar-refractivity contribution is 5.83. The summed E-state index contributed by atoms with van der Waals surface area (Å²) in [7, 11) is 0. The van der Waals surface area contributed by atoms with E-state index in [1.807, 2.05) is 20.8 Å². The van der Waals surface area contributed by atoms with Gasteiger partial charge in [-0.15, -0.1) is 0 Å². The van der Waals surface area contributed by atoms with Crippen molar-refractivity contribution in [3.8, 4) is 0 Å². The lowest BCUT2D eigenvalue weighted by Crippen LogP contribution is -2.29. The highest BCUT2D eigenvalue weighted by Gasteiger charge is 2.41. The van der Waals surface area contributed by atoms with Gasteiger partial charge < -0.3 is 4.74 Å². The number of hydrogen-bond acceptors (Lipinski definition) is 2. The first kappa shape index (κ1) is 10.7. The van der Waals surface area contributed by atoms with E-state index in [9.17, 15) is 4.79 Å². The molecule has 0 aliphatic carbocycles. The van der Waals surface area contributed by atoms with E-state index in [1.165, 1.54) is 0 Å². The van der Waals surface area contributed by atoms with E-state index < -0.39 is 0 Å². The Morgan fingerprint density at radius 2 is 1.69 bits per heavy atom. The minimum atomic E-state index is 0.0971. The highest BCUT2D eigenvalue weighted by Crippen LogP contribution is 2.34. The van der Waals surface area contributed by atoms with Crippen LogP contribution >= 0.6 is 0 Å². The highest BCUT2D eigenvalue weighted by atomic mass is 16.5. The number of ketones is 1. The number of rotatable bonds is 2. The summed E-state index contributed by atoms with van der Waals surface area (Å²) in [5.41, 5.74) is 0. The summed E-state index contributed by atoms with van der Waals surface area (Å²) in [6.45, 7) is 10.1. The molecule has 13 heavy (non-hydrogen) atoms. The zero-order valence-electron chi connectivity index (χ0n) is 9.20. The topological polar surface area (TPSA) is 26.3 Å². The first-order valence-corrected chi connectivity index (χ1v) is 5.14. The molecule has 0 amide bonds. The quantitative estimate of drug-likeness (QED) is 0.658. The molecule has 0 saturated carbocycles. The van der Waals surface area contributed by atoms with E-state index in [-0.39, 0.29) is 24.0 Å². The fraction of sp³-hybridized carbons (Fsp3) is 0.909. The van der Waals surface area contributed by atoms with E-state index in [1.54, 1.807) is 0 Å². The van der Waals surface area contributed by atoms with Crippen molar-refractivity contribution in [2.24, 2.45) is 17.8 Å². The van der Waals surface area contributed by atoms with Gasteiger partial charge in [-0.3, -0.25) is 4.79 Å². The zero-order chi connectivity index (χ0) is 10.2. The molecule has 2 nitrogen and oxygen atoms in total. The van der Waals surface area contributed by atoms with Crippen LogP contribution in [0.15, 0.2) is 0 Å². The first-order chi connectivity index (χ1) is 5.95. The maximum absolute atomic E-state index is 11.8. The molecule has 0 aromatic heterocycles. The Balaban J connectivity index is 2.74. The summed E-state index contributed by atoms with van der Waals surface area (Å²) in [5, 5.41) is 0. The van der Waals surface area contributed by atoms with Crippen molar-refractivity contribution in [2.45, 2.75) is 46.8 Å². The van der Waals surface area contributed by atoms with Gasteiger partial charge in [-0.25, -0.2) is 0 Å². The van der Waals surface area contributed by atoms with E-state index in [0.29, 0.717) is 11.7 Å². The van der Waals surface area contributed by atoms with Crippen molar-refractivity contribution in [3.05, 3.63) is 0 Å². The number of hydrogen-bond donors (Lipinski definition) is 0. The summed E-state index contributed by atoms with van der Waals surface area (Å²) in [6.07, 6.45) is 0.322. The molecule has 2 heteroatoms. The average Bonchev–Trinajstić information content (AvgIpc) is 2.26. The molecular formula is C11H20O2. The van der Waals surface area contributed by atoms with Crippen LogP contribution in [0.4, 0.5) is 0 Å². The van der Waals surface area contributed by atoms with E-state index in [4.69, 9.17) is 4.74 Å². The molecule has 1 saturated heterocycles. The van der Waals surface area contributed by atoms with Crippen molar-refractivity contribution in [1.82, 2.24) is 0 Å². The Morgan fingerprint density at radius 1 is 1.15 bits per heavy atom. The average molecular weight is 184 g/mol. The van der Waals surface area contributed by atoms with E-state index in [0.717, 1.165) is 0 Å². The fourth-order valence-electron chi connectivity index (χ4n) is 2.14. The summed E-state index contributed by atoms with van der Waals surface area (Å²) in [5.74, 6) is 0.952. The van der Waals surface area contributed by atoms with Gasteiger partial charge >= 0.3 is 0 Å². The van der Waals surface area contributed by atoms with Gasteiger partial charge in [0.2, 0.25) is 0 Å². The van der Waals surface area contributed by atoms with Gasteiger partial charge in [0.1, 0.15) is 5.78 Å². The van der Waals surface area contributed by atoms with Gasteiger partial charge in [0, 0.05) is 11.8 Å². The van der Waals surface area contributed by atoms with Crippen molar-refractivity contribution in [2.75, 3.05) is 0 Å². The Kier molecular flexibility index (Phi) is 3.12. The molecule has 0 spiro atoms. The summed E-state index contributed by atoms with van der Waals surface area (Å²) in [6, 6.07) is 0. The molecule has 4 unspecified atom stereocenters. The number of ether oxygens (including phenoxy) is 1. The van der Waals surface area contributed by atoms with E-state index >= 15 is 0 Å². The normalized spacial score (nSPS) is 39.8. The number of carbonyl (C=O) groups excluding carboxylic acids is 1. The minimum Gasteiger partial charge on any atom is -0.375 e. The van der Waals surface area contributed by atoms with Crippen LogP contribution in [0.2, 0.25) is 0 Å². The van der Waals surface area contributed by atoms with Crippen LogP contribution < -0.4 is 0 Å². The third-order valence-corrected chi connectivity index (χ3v) is 3.14. The van der Waals surface area contributed by atoms with Crippen LogP contribution in [0.3, 0.4) is 0 Å². The van der Waals surface area contributed by atoms with Crippen molar-refractivity contribution in [3.63, 3.8) is 0 Å². The molecule has 1 aliphatic heterocycles. The van der Waals surface area contributed by atoms with Crippen LogP contribution in [-0.2, 0) is 9.53 Å². The number of Topliss-reactive ketones (excluding diaryl/α,β-unsaturated/α-hetero) is 1. The third-order valence-electron chi connectivity index (χ3n) is 3.14. The van der Waals surface area contributed by atoms with Crippen molar-refractivity contribution >= 4 is 5.78 Å². The monoisotopic (exact) mass is 184 g/mol. The lowest BCUT2D eigenvalue weighted by molar-refractivity contribution is -0.128. The Labute approximate surface area is 80.7 Å². The number of carbonyl (C=O) groups is 1. The minimum absolute atomic E-state index is 0.0971. The molecule has 1 fully saturated rings. The second-order valence-electron chi connectivity index (χ2n) is 4.49. The largest absolute Gasteiger partial charge is 0.375 e. The molecule has 0 N–H and O–H groups in total. The summed E-state index contributed by atoms with van der Waals surface area (Å²) >= 11 is 0. The fourth-order valence-corrected chi connectivity index (χ4v) is 2.14. The van der Waals surface area contributed by atoms with Crippen LogP contribution in [0.5, 0.6) is 0 Å². The second-order valence-corrected chi connectivity index (χ2v) is 4.49. The van der Waals surface area contributed by atoms with Gasteiger partial charge in [0.15, 0.2) is 0 Å². The van der Waals surface area contributed by atoms with E-state index in [2.05, 4.69) is 13.8 Å². The molecule has 0 bridgehead atoms. The van der Waals surface area contributed by atoms with Crippen molar-refractivity contribution < 1.29 is 9.53 Å². The molecule has 76 valence electrons. The smallest absolute Gasteiger partial charge is 0.141 e. The predicted molar refractivity (Wildman–Crippen MR) is 52.5 cm³/mol. The SMILES string of the molecule is CC(C)C(=O)C1C(C)OC(C)C1C.